The summed E-state index contributed by atoms with van der Waals surface area (Å²) in [7, 11) is 2.28. The Morgan fingerprint density at radius 1 is 0.529 bits per heavy atom. The van der Waals surface area contributed by atoms with E-state index >= 15 is 0 Å². The lowest BCUT2D eigenvalue weighted by molar-refractivity contribution is 0.315. The third-order valence-corrected chi connectivity index (χ3v) is 3.54. The van der Waals surface area contributed by atoms with E-state index < -0.39 is 0 Å². The number of unbranched alkanes of at least 4 members (excludes halogenated alkanes) is 9. The molecule has 0 saturated carbocycles. The molecule has 0 aromatic rings. The van der Waals surface area contributed by atoms with Gasteiger partial charge in [-0.15, -0.1) is 0 Å². The minimum Gasteiger partial charge on any atom is -0.306 e. The van der Waals surface area contributed by atoms with Crippen LogP contribution in [0.3, 0.4) is 0 Å². The highest BCUT2D eigenvalue weighted by atomic mass is 15.1. The molecule has 0 rings (SSSR count). The zero-order valence-corrected chi connectivity index (χ0v) is 12.6. The molecule has 0 aliphatic rings. The van der Waals surface area contributed by atoms with E-state index in [1.807, 2.05) is 0 Å². The molecule has 17 heavy (non-hydrogen) atoms. The van der Waals surface area contributed by atoms with Gasteiger partial charge in [-0.05, 0) is 33.0 Å². The van der Waals surface area contributed by atoms with Crippen LogP contribution in [-0.4, -0.2) is 25.0 Å². The molecule has 0 N–H and O–H groups in total. The van der Waals surface area contributed by atoms with Crippen molar-refractivity contribution < 1.29 is 0 Å². The Balaban J connectivity index is 3.08. The maximum Gasteiger partial charge on any atom is -0.00218 e. The molecule has 104 valence electrons. The Morgan fingerprint density at radius 3 is 1.35 bits per heavy atom. The molecule has 0 radical (unpaired) electrons. The molecule has 0 amide bonds. The summed E-state index contributed by atoms with van der Waals surface area (Å²) in [6.07, 6.45) is 15.5. The lowest BCUT2D eigenvalue weighted by Crippen LogP contribution is -2.20. The van der Waals surface area contributed by atoms with Crippen molar-refractivity contribution in [3.8, 4) is 0 Å². The minimum absolute atomic E-state index is 1.30. The first-order valence-electron chi connectivity index (χ1n) is 7.99. The van der Waals surface area contributed by atoms with Crippen molar-refractivity contribution in [1.82, 2.24) is 4.90 Å². The lowest BCUT2D eigenvalue weighted by atomic mass is 10.1. The summed E-state index contributed by atoms with van der Waals surface area (Å²) in [5.41, 5.74) is 0. The number of rotatable bonds is 13. The summed E-state index contributed by atoms with van der Waals surface area (Å²) in [4.78, 5) is 2.52. The van der Waals surface area contributed by atoms with E-state index in [4.69, 9.17) is 0 Å². The van der Waals surface area contributed by atoms with Gasteiger partial charge in [-0.1, -0.05) is 71.6 Å². The second-order valence-corrected chi connectivity index (χ2v) is 5.49. The molecule has 0 unspecified atom stereocenters. The molecule has 1 heteroatoms. The number of hydrogen-bond acceptors (Lipinski definition) is 1. The Labute approximate surface area is 110 Å². The van der Waals surface area contributed by atoms with Gasteiger partial charge in [0.05, 0.1) is 0 Å². The van der Waals surface area contributed by atoms with Crippen molar-refractivity contribution in [3.05, 3.63) is 0 Å². The first-order valence-corrected chi connectivity index (χ1v) is 7.99. The molecule has 0 fully saturated rings. The van der Waals surface area contributed by atoms with Gasteiger partial charge in [0, 0.05) is 0 Å². The minimum atomic E-state index is 1.30. The average Bonchev–Trinajstić information content (AvgIpc) is 2.33. The van der Waals surface area contributed by atoms with Crippen LogP contribution in [0.4, 0.5) is 0 Å². The van der Waals surface area contributed by atoms with Crippen LogP contribution in [0.15, 0.2) is 0 Å². The van der Waals surface area contributed by atoms with Crippen LogP contribution >= 0.6 is 0 Å². The van der Waals surface area contributed by atoms with E-state index in [0.29, 0.717) is 0 Å². The Morgan fingerprint density at radius 2 is 0.882 bits per heavy atom. The maximum atomic E-state index is 2.52. The largest absolute Gasteiger partial charge is 0.306 e. The van der Waals surface area contributed by atoms with Crippen LogP contribution < -0.4 is 0 Å². The zero-order chi connectivity index (χ0) is 12.8. The van der Waals surface area contributed by atoms with E-state index in [2.05, 4.69) is 25.8 Å². The summed E-state index contributed by atoms with van der Waals surface area (Å²) in [5, 5.41) is 0. The quantitative estimate of drug-likeness (QED) is 0.398. The van der Waals surface area contributed by atoms with Gasteiger partial charge in [0.2, 0.25) is 0 Å². The predicted molar refractivity (Wildman–Crippen MR) is 79.6 cm³/mol. The topological polar surface area (TPSA) is 3.24 Å². The Kier molecular flexibility index (Phi) is 14.0. The second kappa shape index (κ2) is 14.0. The maximum absolute atomic E-state index is 2.52. The zero-order valence-electron chi connectivity index (χ0n) is 12.6. The summed E-state index contributed by atoms with van der Waals surface area (Å²) >= 11 is 0. The van der Waals surface area contributed by atoms with Crippen LogP contribution in [0.2, 0.25) is 0 Å². The van der Waals surface area contributed by atoms with E-state index in [9.17, 15) is 0 Å². The first kappa shape index (κ1) is 17.0. The van der Waals surface area contributed by atoms with Gasteiger partial charge in [-0.25, -0.2) is 0 Å². The van der Waals surface area contributed by atoms with Crippen LogP contribution in [-0.2, 0) is 0 Å². The molecule has 0 saturated heterocycles. The van der Waals surface area contributed by atoms with E-state index in [1.165, 1.54) is 83.7 Å². The fraction of sp³-hybridized carbons (Fsp3) is 1.00. The SMILES string of the molecule is CCCCCCCCCN(C)CCCCCC. The molecule has 0 spiro atoms. The molecule has 0 aromatic heterocycles. The van der Waals surface area contributed by atoms with E-state index in [1.54, 1.807) is 0 Å². The van der Waals surface area contributed by atoms with E-state index in [-0.39, 0.29) is 0 Å². The van der Waals surface area contributed by atoms with Crippen molar-refractivity contribution in [2.75, 3.05) is 20.1 Å². The number of nitrogens with zero attached hydrogens (tertiary/aromatic N) is 1. The fourth-order valence-electron chi connectivity index (χ4n) is 2.26. The third kappa shape index (κ3) is 13.9. The molecule has 0 bridgehead atoms. The Bertz CT molecular complexity index is 133. The van der Waals surface area contributed by atoms with Crippen LogP contribution in [0.5, 0.6) is 0 Å². The molecule has 0 aliphatic carbocycles. The number of hydrogen-bond donors (Lipinski definition) is 0. The molecule has 0 heterocycles. The molecule has 0 atom stereocenters. The Hall–Kier alpha value is -0.0400. The molecule has 0 aromatic carbocycles. The van der Waals surface area contributed by atoms with Gasteiger partial charge in [0.1, 0.15) is 0 Å². The van der Waals surface area contributed by atoms with Crippen molar-refractivity contribution in [2.24, 2.45) is 0 Å². The monoisotopic (exact) mass is 241 g/mol. The fourth-order valence-corrected chi connectivity index (χ4v) is 2.26. The van der Waals surface area contributed by atoms with Crippen LogP contribution in [0.25, 0.3) is 0 Å². The summed E-state index contributed by atoms with van der Waals surface area (Å²) < 4.78 is 0. The highest BCUT2D eigenvalue weighted by Crippen LogP contribution is 2.07. The van der Waals surface area contributed by atoms with Crippen molar-refractivity contribution >= 4 is 0 Å². The smallest absolute Gasteiger partial charge is 0.00218 e. The second-order valence-electron chi connectivity index (χ2n) is 5.49. The first-order chi connectivity index (χ1) is 8.31. The van der Waals surface area contributed by atoms with Crippen molar-refractivity contribution in [1.29, 1.82) is 0 Å². The van der Waals surface area contributed by atoms with Crippen LogP contribution in [0.1, 0.15) is 84.5 Å². The summed E-state index contributed by atoms with van der Waals surface area (Å²) in [5.74, 6) is 0. The van der Waals surface area contributed by atoms with Gasteiger partial charge < -0.3 is 4.90 Å². The van der Waals surface area contributed by atoms with Gasteiger partial charge in [0.25, 0.3) is 0 Å². The molecule has 1 nitrogen and oxygen atoms in total. The van der Waals surface area contributed by atoms with Crippen molar-refractivity contribution in [2.45, 2.75) is 84.5 Å². The normalized spacial score (nSPS) is 11.3. The summed E-state index contributed by atoms with van der Waals surface area (Å²) in [6, 6.07) is 0. The summed E-state index contributed by atoms with van der Waals surface area (Å²) in [6.45, 7) is 7.17. The average molecular weight is 241 g/mol. The van der Waals surface area contributed by atoms with Gasteiger partial charge in [-0.3, -0.25) is 0 Å². The predicted octanol–water partition coefficient (Wildman–Crippen LogP) is 5.25. The molecule has 0 aliphatic heterocycles. The molecular formula is C16H35N. The van der Waals surface area contributed by atoms with Gasteiger partial charge in [0.15, 0.2) is 0 Å². The highest BCUT2D eigenvalue weighted by Gasteiger charge is 1.98. The highest BCUT2D eigenvalue weighted by molar-refractivity contribution is 4.53. The standard InChI is InChI=1S/C16H35N/c1-4-6-8-10-11-12-14-16-17(3)15-13-9-7-5-2/h4-16H2,1-3H3. The van der Waals surface area contributed by atoms with Crippen molar-refractivity contribution in [3.63, 3.8) is 0 Å². The van der Waals surface area contributed by atoms with E-state index in [0.717, 1.165) is 0 Å². The van der Waals surface area contributed by atoms with Crippen LogP contribution in [0, 0.1) is 0 Å². The molecular weight excluding hydrogens is 206 g/mol. The third-order valence-electron chi connectivity index (χ3n) is 3.54. The van der Waals surface area contributed by atoms with Gasteiger partial charge in [-0.2, -0.15) is 0 Å². The van der Waals surface area contributed by atoms with Gasteiger partial charge >= 0.3 is 0 Å². The lowest BCUT2D eigenvalue weighted by Gasteiger charge is -2.16.